The Hall–Kier alpha value is -1.71. The van der Waals surface area contributed by atoms with Gasteiger partial charge >= 0.3 is 5.97 Å². The van der Waals surface area contributed by atoms with Gasteiger partial charge in [0.1, 0.15) is 0 Å². The molecule has 1 aromatic carbocycles. The van der Waals surface area contributed by atoms with Crippen LogP contribution in [-0.4, -0.2) is 17.6 Å². The summed E-state index contributed by atoms with van der Waals surface area (Å²) in [6.07, 6.45) is 6.24. The topological polar surface area (TPSA) is 75.3 Å². The number of unbranched alkanes of at least 4 members (excludes halogenated alkanes) is 3. The quantitative estimate of drug-likeness (QED) is 0.471. The Morgan fingerprint density at radius 3 is 2.55 bits per heavy atom. The Balaban J connectivity index is 2.22. The van der Waals surface area contributed by atoms with E-state index in [1.165, 1.54) is 25.7 Å². The molecule has 0 aliphatic heterocycles. The van der Waals surface area contributed by atoms with E-state index in [9.17, 15) is 4.79 Å². The summed E-state index contributed by atoms with van der Waals surface area (Å²) in [5.41, 5.74) is 7.05. The van der Waals surface area contributed by atoms with Gasteiger partial charge in [-0.05, 0) is 30.5 Å². The lowest BCUT2D eigenvalue weighted by Gasteiger charge is -2.09. The second-order valence-corrected chi connectivity index (χ2v) is 5.63. The third-order valence-electron chi connectivity index (χ3n) is 3.32. The first kappa shape index (κ1) is 16.3. The minimum Gasteiger partial charge on any atom is -0.478 e. The van der Waals surface area contributed by atoms with Crippen molar-refractivity contribution in [1.82, 2.24) is 0 Å². The highest BCUT2D eigenvalue weighted by Crippen LogP contribution is 2.18. The Kier molecular flexibility index (Phi) is 6.91. The fourth-order valence-corrected chi connectivity index (χ4v) is 2.13. The van der Waals surface area contributed by atoms with Crippen LogP contribution >= 0.6 is 0 Å². The molecule has 0 spiro atoms. The van der Waals surface area contributed by atoms with Gasteiger partial charge in [-0.3, -0.25) is 0 Å². The van der Waals surface area contributed by atoms with Gasteiger partial charge in [-0.25, -0.2) is 4.79 Å². The molecular formula is C16H26N2O2. The van der Waals surface area contributed by atoms with Crippen molar-refractivity contribution in [3.05, 3.63) is 23.8 Å². The molecule has 0 unspecified atom stereocenters. The van der Waals surface area contributed by atoms with Gasteiger partial charge < -0.3 is 16.2 Å². The molecule has 1 rings (SSSR count). The van der Waals surface area contributed by atoms with Gasteiger partial charge in [0.25, 0.3) is 0 Å². The van der Waals surface area contributed by atoms with Crippen LogP contribution < -0.4 is 11.1 Å². The van der Waals surface area contributed by atoms with Gasteiger partial charge in [-0.1, -0.05) is 39.5 Å². The zero-order chi connectivity index (χ0) is 15.0. The second-order valence-electron chi connectivity index (χ2n) is 5.63. The number of carbonyl (C=O) groups is 1. The molecule has 4 nitrogen and oxygen atoms in total. The van der Waals surface area contributed by atoms with Crippen molar-refractivity contribution in [3.63, 3.8) is 0 Å². The number of hydrogen-bond donors (Lipinski definition) is 3. The van der Waals surface area contributed by atoms with Crippen molar-refractivity contribution >= 4 is 17.3 Å². The highest BCUT2D eigenvalue weighted by Gasteiger charge is 2.07. The van der Waals surface area contributed by atoms with Gasteiger partial charge in [0.2, 0.25) is 0 Å². The molecule has 4 heteroatoms. The molecule has 20 heavy (non-hydrogen) atoms. The van der Waals surface area contributed by atoms with E-state index in [1.807, 2.05) is 0 Å². The summed E-state index contributed by atoms with van der Waals surface area (Å²) in [6.45, 7) is 5.41. The van der Waals surface area contributed by atoms with Crippen LogP contribution in [0.3, 0.4) is 0 Å². The average molecular weight is 278 g/mol. The van der Waals surface area contributed by atoms with E-state index in [1.54, 1.807) is 18.2 Å². The van der Waals surface area contributed by atoms with Crippen LogP contribution in [0.4, 0.5) is 11.4 Å². The summed E-state index contributed by atoms with van der Waals surface area (Å²) in [5.74, 6) is -0.192. The van der Waals surface area contributed by atoms with Crippen LogP contribution in [0.2, 0.25) is 0 Å². The Bertz CT molecular complexity index is 430. The van der Waals surface area contributed by atoms with Crippen LogP contribution in [0.5, 0.6) is 0 Å². The van der Waals surface area contributed by atoms with Crippen molar-refractivity contribution in [3.8, 4) is 0 Å². The predicted molar refractivity (Wildman–Crippen MR) is 84.2 cm³/mol. The fourth-order valence-electron chi connectivity index (χ4n) is 2.13. The van der Waals surface area contributed by atoms with Crippen LogP contribution in [-0.2, 0) is 0 Å². The normalized spacial score (nSPS) is 10.8. The number of aromatic carboxylic acids is 1. The Labute approximate surface area is 121 Å². The first-order chi connectivity index (χ1) is 9.50. The number of nitrogen functional groups attached to an aromatic ring is 1. The molecule has 0 radical (unpaired) electrons. The minimum absolute atomic E-state index is 0.157. The molecule has 0 amide bonds. The van der Waals surface area contributed by atoms with E-state index in [0.717, 1.165) is 24.6 Å². The summed E-state index contributed by atoms with van der Waals surface area (Å²) < 4.78 is 0. The number of carboxylic acid groups (broad SMARTS) is 1. The number of hydrogen-bond acceptors (Lipinski definition) is 3. The van der Waals surface area contributed by atoms with Crippen LogP contribution in [0, 0.1) is 5.92 Å². The van der Waals surface area contributed by atoms with E-state index >= 15 is 0 Å². The number of nitrogens with two attached hydrogens (primary N) is 1. The highest BCUT2D eigenvalue weighted by atomic mass is 16.4. The maximum absolute atomic E-state index is 10.8. The molecule has 0 bridgehead atoms. The molecule has 4 N–H and O–H groups in total. The Morgan fingerprint density at radius 2 is 1.95 bits per heavy atom. The van der Waals surface area contributed by atoms with Crippen molar-refractivity contribution in [1.29, 1.82) is 0 Å². The lowest BCUT2D eigenvalue weighted by molar-refractivity contribution is 0.0698. The van der Waals surface area contributed by atoms with E-state index in [4.69, 9.17) is 10.8 Å². The lowest BCUT2D eigenvalue weighted by Crippen LogP contribution is -2.05. The first-order valence-corrected chi connectivity index (χ1v) is 7.37. The number of rotatable bonds is 9. The third-order valence-corrected chi connectivity index (χ3v) is 3.32. The Morgan fingerprint density at radius 1 is 1.25 bits per heavy atom. The van der Waals surface area contributed by atoms with Crippen LogP contribution in [0.25, 0.3) is 0 Å². The maximum Gasteiger partial charge on any atom is 0.337 e. The van der Waals surface area contributed by atoms with E-state index in [-0.39, 0.29) is 5.56 Å². The van der Waals surface area contributed by atoms with Gasteiger partial charge in [-0.15, -0.1) is 0 Å². The lowest BCUT2D eigenvalue weighted by atomic mass is 10.0. The average Bonchev–Trinajstić information content (AvgIpc) is 2.37. The highest BCUT2D eigenvalue weighted by molar-refractivity contribution is 5.94. The van der Waals surface area contributed by atoms with E-state index in [0.29, 0.717) is 5.69 Å². The molecule has 0 aliphatic carbocycles. The number of carboxylic acids is 1. The zero-order valence-electron chi connectivity index (χ0n) is 12.5. The van der Waals surface area contributed by atoms with Gasteiger partial charge in [0.05, 0.1) is 5.56 Å². The maximum atomic E-state index is 10.8. The summed E-state index contributed by atoms with van der Waals surface area (Å²) in [6, 6.07) is 4.99. The fraction of sp³-hybridized carbons (Fsp3) is 0.562. The first-order valence-electron chi connectivity index (χ1n) is 7.37. The summed E-state index contributed by atoms with van der Waals surface area (Å²) in [7, 11) is 0. The van der Waals surface area contributed by atoms with Crippen molar-refractivity contribution in [2.45, 2.75) is 46.0 Å². The summed E-state index contributed by atoms with van der Waals surface area (Å²) >= 11 is 0. The zero-order valence-corrected chi connectivity index (χ0v) is 12.5. The largest absolute Gasteiger partial charge is 0.478 e. The summed E-state index contributed by atoms with van der Waals surface area (Å²) in [4.78, 5) is 10.8. The molecule has 0 fully saturated rings. The molecule has 0 heterocycles. The number of nitrogens with one attached hydrogen (secondary N) is 1. The second kappa shape index (κ2) is 8.46. The molecule has 0 saturated carbocycles. The minimum atomic E-state index is -0.987. The van der Waals surface area contributed by atoms with Gasteiger partial charge in [0, 0.05) is 17.9 Å². The van der Waals surface area contributed by atoms with Crippen LogP contribution in [0.1, 0.15) is 56.3 Å². The SMILES string of the molecule is CC(C)CCCCCCNc1ccc(C(=O)O)c(N)c1. The molecule has 0 atom stereocenters. The molecule has 112 valence electrons. The van der Waals surface area contributed by atoms with E-state index in [2.05, 4.69) is 19.2 Å². The molecule has 0 aromatic heterocycles. The molecular weight excluding hydrogens is 252 g/mol. The van der Waals surface area contributed by atoms with Crippen molar-refractivity contribution < 1.29 is 9.90 Å². The smallest absolute Gasteiger partial charge is 0.337 e. The van der Waals surface area contributed by atoms with Crippen molar-refractivity contribution in [2.75, 3.05) is 17.6 Å². The molecule has 0 saturated heterocycles. The standard InChI is InChI=1S/C16H26N2O2/c1-12(2)7-5-3-4-6-10-18-13-8-9-14(16(19)20)15(17)11-13/h8-9,11-12,18H,3-7,10,17H2,1-2H3,(H,19,20). The number of anilines is 2. The van der Waals surface area contributed by atoms with E-state index < -0.39 is 5.97 Å². The molecule has 0 aliphatic rings. The molecule has 1 aromatic rings. The predicted octanol–water partition coefficient (Wildman–Crippen LogP) is 3.99. The van der Waals surface area contributed by atoms with Gasteiger partial charge in [-0.2, -0.15) is 0 Å². The number of benzene rings is 1. The summed E-state index contributed by atoms with van der Waals surface area (Å²) in [5, 5.41) is 12.2. The van der Waals surface area contributed by atoms with Crippen molar-refractivity contribution in [2.24, 2.45) is 5.92 Å². The van der Waals surface area contributed by atoms with Crippen LogP contribution in [0.15, 0.2) is 18.2 Å². The monoisotopic (exact) mass is 278 g/mol. The third kappa shape index (κ3) is 5.95. The van der Waals surface area contributed by atoms with Gasteiger partial charge in [0.15, 0.2) is 0 Å².